The third kappa shape index (κ3) is 8.07. The monoisotopic (exact) mass is 873 g/mol. The van der Waals surface area contributed by atoms with Crippen LogP contribution in [0.5, 0.6) is 5.75 Å². The van der Waals surface area contributed by atoms with Crippen molar-refractivity contribution >= 4 is 40.6 Å². The van der Waals surface area contributed by atoms with Crippen LogP contribution in [-0.2, 0) is 47.5 Å². The third-order valence-electron chi connectivity index (χ3n) is 10.9. The molecule has 2 aliphatic heterocycles. The number of aryl methyl sites for hydroxylation is 1. The highest BCUT2D eigenvalue weighted by Gasteiger charge is 2.36. The summed E-state index contributed by atoms with van der Waals surface area (Å²) in [6.45, 7) is 7.70. The fourth-order valence-corrected chi connectivity index (χ4v) is 8.12. The highest BCUT2D eigenvalue weighted by Crippen LogP contribution is 2.40. The van der Waals surface area contributed by atoms with E-state index >= 15 is 4.39 Å². The second kappa shape index (κ2) is 16.5. The average molecular weight is 874 g/mol. The van der Waals surface area contributed by atoms with Crippen LogP contribution in [0, 0.1) is 12.7 Å². The van der Waals surface area contributed by atoms with Gasteiger partial charge in [0.25, 0.3) is 11.5 Å². The minimum atomic E-state index is -4.65. The van der Waals surface area contributed by atoms with Crippen molar-refractivity contribution in [1.82, 2.24) is 34.0 Å². The average Bonchev–Trinajstić information content (AvgIpc) is 3.83. The van der Waals surface area contributed by atoms with Gasteiger partial charge in [0.15, 0.2) is 17.3 Å². The topological polar surface area (TPSA) is 149 Å². The van der Waals surface area contributed by atoms with E-state index in [4.69, 9.17) is 21.1 Å². The second-order valence-corrected chi connectivity index (χ2v) is 15.8. The lowest BCUT2D eigenvalue weighted by Gasteiger charge is -2.36. The highest BCUT2D eigenvalue weighted by atomic mass is 35.5. The SMILES string of the molecule is CCc1c(N2CCN(C(=O)c3ncnc(C)c3OCc3ccccc3)CC2)c(=O)n2nc(-c3cc(F)c4c(c3)COC4(C)C)nc2n1CC(=O)Nc1ccc(C(F)(F)F)cc1Cl. The molecule has 2 aliphatic rings. The second-order valence-electron chi connectivity index (χ2n) is 15.4. The number of ether oxygens (including phenoxy) is 2. The van der Waals surface area contributed by atoms with Gasteiger partial charge in [-0.05, 0) is 68.7 Å². The molecule has 0 aliphatic carbocycles. The molecule has 8 rings (SSSR count). The summed E-state index contributed by atoms with van der Waals surface area (Å²) >= 11 is 6.18. The van der Waals surface area contributed by atoms with Crippen LogP contribution in [0.2, 0.25) is 5.02 Å². The van der Waals surface area contributed by atoms with Crippen molar-refractivity contribution in [2.45, 2.75) is 65.7 Å². The van der Waals surface area contributed by atoms with Crippen molar-refractivity contribution in [3.63, 3.8) is 0 Å². The number of benzene rings is 3. The number of carbonyl (C=O) groups excluding carboxylic acids is 2. The number of rotatable bonds is 10. The van der Waals surface area contributed by atoms with Gasteiger partial charge >= 0.3 is 6.18 Å². The molecule has 0 unspecified atom stereocenters. The first-order valence-electron chi connectivity index (χ1n) is 19.7. The lowest BCUT2D eigenvalue weighted by atomic mass is 9.94. The standard InChI is InChI=1S/C43H40ClF4N9O5/c1-5-32-36(54-13-15-55(16-14-54)39(59)35-37(24(2)49-23-50-35)61-21-25-9-7-6-8-10-25)40(60)57-41(52-38(53-57)26-17-27-22-62-42(3,4)34(27)30(45)18-26)56(32)20-33(58)51-31-12-11-28(19-29(31)44)43(46,47)48/h6-12,17-19,23H,5,13-16,20-22H2,1-4H3,(H,51,58). The van der Waals surface area contributed by atoms with Crippen LogP contribution in [0.15, 0.2) is 71.8 Å². The zero-order valence-corrected chi connectivity index (χ0v) is 34.8. The van der Waals surface area contributed by atoms with Crippen molar-refractivity contribution in [1.29, 1.82) is 0 Å². The maximum Gasteiger partial charge on any atom is 0.416 e. The molecule has 322 valence electrons. The fourth-order valence-electron chi connectivity index (χ4n) is 7.89. The van der Waals surface area contributed by atoms with Gasteiger partial charge in [-0.3, -0.25) is 14.4 Å². The maximum absolute atomic E-state index is 15.6. The first kappa shape index (κ1) is 42.3. The molecule has 0 atom stereocenters. The third-order valence-corrected chi connectivity index (χ3v) is 11.3. The molecule has 19 heteroatoms. The molecule has 2 amide bonds. The van der Waals surface area contributed by atoms with E-state index in [9.17, 15) is 27.6 Å². The van der Waals surface area contributed by atoms with Crippen LogP contribution in [0.1, 0.15) is 64.9 Å². The number of hydrogen-bond acceptors (Lipinski definition) is 10. The van der Waals surface area contributed by atoms with Crippen molar-refractivity contribution < 1.29 is 36.6 Å². The molecule has 3 aromatic heterocycles. The summed E-state index contributed by atoms with van der Waals surface area (Å²) in [5.41, 5.74) is 0.905. The minimum absolute atomic E-state index is 0.00787. The number of aromatic nitrogens is 6. The lowest BCUT2D eigenvalue weighted by Crippen LogP contribution is -2.51. The number of carbonyl (C=O) groups is 2. The zero-order chi connectivity index (χ0) is 44.1. The van der Waals surface area contributed by atoms with Gasteiger partial charge in [0, 0.05) is 37.3 Å². The fraction of sp³-hybridized carbons (Fsp3) is 0.326. The predicted molar refractivity (Wildman–Crippen MR) is 221 cm³/mol. The van der Waals surface area contributed by atoms with Gasteiger partial charge in [-0.25, -0.2) is 14.4 Å². The molecule has 0 radical (unpaired) electrons. The number of amides is 2. The van der Waals surface area contributed by atoms with E-state index in [0.717, 1.165) is 22.2 Å². The van der Waals surface area contributed by atoms with Crippen LogP contribution in [0.4, 0.5) is 28.9 Å². The molecule has 1 fully saturated rings. The van der Waals surface area contributed by atoms with Crippen molar-refractivity contribution in [2.24, 2.45) is 0 Å². The van der Waals surface area contributed by atoms with Gasteiger partial charge in [0.2, 0.25) is 11.7 Å². The van der Waals surface area contributed by atoms with Gasteiger partial charge in [-0.2, -0.15) is 22.7 Å². The quantitative estimate of drug-likeness (QED) is 0.143. The van der Waals surface area contributed by atoms with Crippen LogP contribution in [0.25, 0.3) is 17.2 Å². The van der Waals surface area contributed by atoms with Crippen molar-refractivity contribution in [3.8, 4) is 17.1 Å². The number of nitrogens with one attached hydrogen (secondary N) is 1. The Morgan fingerprint density at radius 3 is 2.45 bits per heavy atom. The minimum Gasteiger partial charge on any atom is -0.485 e. The van der Waals surface area contributed by atoms with E-state index in [1.165, 1.54) is 17.0 Å². The molecule has 3 aromatic carbocycles. The Kier molecular flexibility index (Phi) is 11.2. The van der Waals surface area contributed by atoms with Gasteiger partial charge in [0.1, 0.15) is 31.0 Å². The molecule has 1 saturated heterocycles. The molecule has 62 heavy (non-hydrogen) atoms. The smallest absolute Gasteiger partial charge is 0.416 e. The Bertz CT molecular complexity index is 2790. The Hall–Kier alpha value is -6.40. The molecule has 1 N–H and O–H groups in total. The summed E-state index contributed by atoms with van der Waals surface area (Å²) in [7, 11) is 0. The number of halogens is 5. The van der Waals surface area contributed by atoms with E-state index in [2.05, 4.69) is 25.4 Å². The van der Waals surface area contributed by atoms with E-state index < -0.39 is 41.2 Å². The molecule has 5 heterocycles. The highest BCUT2D eigenvalue weighted by molar-refractivity contribution is 6.33. The summed E-state index contributed by atoms with van der Waals surface area (Å²) in [6.07, 6.45) is -3.12. The summed E-state index contributed by atoms with van der Waals surface area (Å²) in [4.78, 5) is 58.9. The number of anilines is 2. The molecule has 14 nitrogen and oxygen atoms in total. The molecular formula is C43H40ClF4N9O5. The summed E-state index contributed by atoms with van der Waals surface area (Å²) < 4.78 is 70.1. The summed E-state index contributed by atoms with van der Waals surface area (Å²) in [6, 6.07) is 15.0. The van der Waals surface area contributed by atoms with E-state index in [1.807, 2.05) is 30.3 Å². The van der Waals surface area contributed by atoms with Gasteiger partial charge in [0.05, 0.1) is 39.9 Å². The first-order chi connectivity index (χ1) is 29.5. The maximum atomic E-state index is 15.6. The van der Waals surface area contributed by atoms with Crippen LogP contribution in [0.3, 0.4) is 0 Å². The molecule has 0 bridgehead atoms. The lowest BCUT2D eigenvalue weighted by molar-refractivity contribution is -0.137. The van der Waals surface area contributed by atoms with Gasteiger partial charge < -0.3 is 29.2 Å². The van der Waals surface area contributed by atoms with Crippen molar-refractivity contribution in [3.05, 3.63) is 128 Å². The Morgan fingerprint density at radius 1 is 1.02 bits per heavy atom. The van der Waals surface area contributed by atoms with E-state index in [1.54, 1.807) is 43.6 Å². The van der Waals surface area contributed by atoms with Gasteiger partial charge in [-0.15, -0.1) is 5.10 Å². The summed E-state index contributed by atoms with van der Waals surface area (Å²) in [5, 5.41) is 6.79. The van der Waals surface area contributed by atoms with Gasteiger partial charge in [-0.1, -0.05) is 48.9 Å². The number of hydrogen-bond donors (Lipinski definition) is 1. The largest absolute Gasteiger partial charge is 0.485 e. The first-order valence-corrected chi connectivity index (χ1v) is 20.1. The molecule has 0 spiro atoms. The van der Waals surface area contributed by atoms with Crippen LogP contribution >= 0.6 is 11.6 Å². The van der Waals surface area contributed by atoms with E-state index in [-0.39, 0.29) is 96.7 Å². The number of fused-ring (bicyclic) bond motifs is 2. The Labute approximate surface area is 357 Å². The number of piperazine rings is 1. The molecule has 6 aromatic rings. The zero-order valence-electron chi connectivity index (χ0n) is 34.0. The van der Waals surface area contributed by atoms with E-state index in [0.29, 0.717) is 28.6 Å². The normalized spacial score (nSPS) is 14.9. The Balaban J connectivity index is 1.13. The van der Waals surface area contributed by atoms with Crippen LogP contribution < -0.4 is 20.5 Å². The Morgan fingerprint density at radius 2 is 1.76 bits per heavy atom. The van der Waals surface area contributed by atoms with Crippen molar-refractivity contribution in [2.75, 3.05) is 36.4 Å². The summed E-state index contributed by atoms with van der Waals surface area (Å²) in [5.74, 6) is -1.36. The van der Waals surface area contributed by atoms with Crippen LogP contribution in [-0.4, -0.2) is 72.0 Å². The molecule has 0 saturated carbocycles. The predicted octanol–water partition coefficient (Wildman–Crippen LogP) is 6.98. The number of nitrogens with zero attached hydrogens (tertiary/aromatic N) is 8. The number of alkyl halides is 3. The molecular weight excluding hydrogens is 834 g/mol.